The van der Waals surface area contributed by atoms with E-state index in [4.69, 9.17) is 0 Å². The van der Waals surface area contributed by atoms with Gasteiger partial charge in [0.1, 0.15) is 0 Å². The Hall–Kier alpha value is 1.69. The molecule has 0 rings (SSSR count). The molecular weight excluding hydrogens is 370 g/mol. The smallest absolute Gasteiger partial charge is 0 e. The van der Waals surface area contributed by atoms with E-state index in [1.54, 1.807) is 0 Å². The molecule has 2 radical (unpaired) electrons. The Morgan fingerprint density at radius 3 is 0.722 bits per heavy atom. The summed E-state index contributed by atoms with van der Waals surface area (Å²) in [7, 11) is 0. The molecule has 0 aromatic carbocycles. The van der Waals surface area contributed by atoms with Gasteiger partial charge in [0, 0.05) is 65.4 Å². The average molecular weight is 402 g/mol. The van der Waals surface area contributed by atoms with Crippen molar-refractivity contribution in [3.05, 3.63) is 38.2 Å². The van der Waals surface area contributed by atoms with Crippen LogP contribution in [0, 0.1) is 36.8 Å². The topological polar surface area (TPSA) is 0 Å². The number of hydrogen-bond donors (Lipinski definition) is 0. The van der Waals surface area contributed by atoms with Gasteiger partial charge in [-0.25, -0.2) is 0 Å². The van der Waals surface area contributed by atoms with Crippen LogP contribution in [0.1, 0.15) is 55.4 Å². The molecule has 0 aromatic rings. The maximum absolute atomic E-state index is 3.44. The zero-order valence-corrected chi connectivity index (χ0v) is 19.6. The van der Waals surface area contributed by atoms with Crippen molar-refractivity contribution in [1.29, 1.82) is 0 Å². The Labute approximate surface area is 169 Å². The minimum Gasteiger partial charge on any atom is -0.501 e. The Morgan fingerprint density at radius 2 is 0.722 bits per heavy atom. The summed E-state index contributed by atoms with van der Waals surface area (Å²) in [5.41, 5.74) is 0. The van der Waals surface area contributed by atoms with Crippen molar-refractivity contribution in [2.24, 2.45) is 11.8 Å². The third kappa shape index (κ3) is 152. The maximum atomic E-state index is 3.44. The normalized spacial score (nSPS) is 6.78. The molecule has 2 heteroatoms. The second-order valence-electron chi connectivity index (χ2n) is 3.87. The first-order valence-corrected chi connectivity index (χ1v) is 5.90. The second kappa shape index (κ2) is 42.8. The van der Waals surface area contributed by atoms with Crippen molar-refractivity contribution in [3.63, 3.8) is 0 Å². The van der Waals surface area contributed by atoms with Crippen LogP contribution in [-0.4, -0.2) is 0 Å². The molecule has 106 valence electrons. The largest absolute Gasteiger partial charge is 0.501 e. The first-order chi connectivity index (χ1) is 7.37. The Balaban J connectivity index is -0.0000000265. The maximum Gasteiger partial charge on any atom is 0 e. The van der Waals surface area contributed by atoms with Crippen LogP contribution in [-0.2, 0) is 65.4 Å². The van der Waals surface area contributed by atoms with Crippen molar-refractivity contribution in [3.8, 4) is 0 Å². The van der Waals surface area contributed by atoms with Gasteiger partial charge in [-0.1, -0.05) is 27.7 Å². The molecule has 18 heavy (non-hydrogen) atoms. The van der Waals surface area contributed by atoms with Gasteiger partial charge in [0.25, 0.3) is 0 Å². The minimum absolute atomic E-state index is 0. The van der Waals surface area contributed by atoms with Crippen LogP contribution in [0.3, 0.4) is 0 Å². The van der Waals surface area contributed by atoms with Crippen LogP contribution in [0.25, 0.3) is 0 Å². The summed E-state index contributed by atoms with van der Waals surface area (Å²) in [5, 5.41) is 0. The van der Waals surface area contributed by atoms with Gasteiger partial charge < -0.3 is 25.0 Å². The fraction of sp³-hybridized carbons (Fsp3) is 0.625. The molecule has 0 saturated carbocycles. The number of rotatable bonds is 2. The molecule has 0 atom stereocenters. The first kappa shape index (κ1) is 36.7. The molecule has 0 aromatic heterocycles. The van der Waals surface area contributed by atoms with Gasteiger partial charge in [-0.05, 0) is 0 Å². The van der Waals surface area contributed by atoms with Crippen molar-refractivity contribution in [1.82, 2.24) is 0 Å². The van der Waals surface area contributed by atoms with Gasteiger partial charge in [0.15, 0.2) is 0 Å². The predicted octanol–water partition coefficient (Wildman–Crippen LogP) is 5.72. The quantitative estimate of drug-likeness (QED) is 0.519. The van der Waals surface area contributed by atoms with E-state index in [1.807, 2.05) is 68.2 Å². The van der Waals surface area contributed by atoms with Gasteiger partial charge in [-0.3, -0.25) is 13.2 Å². The molecule has 0 fully saturated rings. The van der Waals surface area contributed by atoms with Gasteiger partial charge in [0.2, 0.25) is 0 Å². The van der Waals surface area contributed by atoms with Crippen LogP contribution in [0.5, 0.6) is 0 Å². The van der Waals surface area contributed by atoms with Gasteiger partial charge in [-0.15, -0.1) is 0 Å². The molecule has 0 aliphatic rings. The van der Waals surface area contributed by atoms with E-state index in [9.17, 15) is 0 Å². The Bertz CT molecular complexity index is 93.7. The van der Waals surface area contributed by atoms with Crippen LogP contribution in [0.15, 0.2) is 13.2 Å². The molecule has 0 spiro atoms. The van der Waals surface area contributed by atoms with E-state index in [-0.39, 0.29) is 65.4 Å². The van der Waals surface area contributed by atoms with Crippen molar-refractivity contribution < 1.29 is 65.4 Å². The van der Waals surface area contributed by atoms with E-state index in [0.717, 1.165) is 0 Å². The number of allylic oxidation sites excluding steroid dienone is 2. The van der Waals surface area contributed by atoms with Gasteiger partial charge in [0.05, 0.1) is 0 Å². The standard InChI is InChI=1S/2C5H9.2C3H7.2Y/c2*1-4-5(2)3;2*1-3-2;;/h2*5H,1H2,2-3H3;2*3H,1-2H3;;/q4*-1;;. The average Bonchev–Trinajstić information content (AvgIpc) is 2.21. The Kier molecular flexibility index (Phi) is 87.3. The minimum atomic E-state index is 0. The molecule has 0 saturated heterocycles. The number of hydrogen-bond acceptors (Lipinski definition) is 0. The van der Waals surface area contributed by atoms with Gasteiger partial charge >= 0.3 is 0 Å². The molecule has 0 heterocycles. The molecular formula is C16H32Y2-4. The molecule has 0 aliphatic heterocycles. The Morgan fingerprint density at radius 1 is 0.667 bits per heavy atom. The molecule has 0 bridgehead atoms. The summed E-state index contributed by atoms with van der Waals surface area (Å²) >= 11 is 0. The monoisotopic (exact) mass is 402 g/mol. The SMILES string of the molecule is C=[C-]C(C)C.C=[C-]C(C)C.C[CH-]C.C[CH-]C.[Y].[Y]. The summed E-state index contributed by atoms with van der Waals surface area (Å²) in [6.45, 7) is 23.1. The summed E-state index contributed by atoms with van der Waals surface area (Å²) in [6.07, 6.45) is 9.56. The van der Waals surface area contributed by atoms with E-state index in [0.29, 0.717) is 11.8 Å². The fourth-order valence-corrected chi connectivity index (χ4v) is 0. The zero-order valence-electron chi connectivity index (χ0n) is 13.9. The third-order valence-corrected chi connectivity index (χ3v) is 0.816. The predicted molar refractivity (Wildman–Crippen MR) is 78.7 cm³/mol. The molecule has 0 unspecified atom stereocenters. The zero-order chi connectivity index (χ0) is 14.0. The van der Waals surface area contributed by atoms with Crippen LogP contribution in [0.4, 0.5) is 0 Å². The third-order valence-electron chi connectivity index (χ3n) is 0.816. The fourth-order valence-electron chi connectivity index (χ4n) is 0. The summed E-state index contributed by atoms with van der Waals surface area (Å²) in [4.78, 5) is 0. The van der Waals surface area contributed by atoms with Crippen LogP contribution < -0.4 is 0 Å². The van der Waals surface area contributed by atoms with Gasteiger partial charge in [-0.2, -0.15) is 39.5 Å². The van der Waals surface area contributed by atoms with Crippen LogP contribution in [0.2, 0.25) is 0 Å². The van der Waals surface area contributed by atoms with E-state index in [2.05, 4.69) is 25.3 Å². The molecule has 0 N–H and O–H groups in total. The van der Waals surface area contributed by atoms with Crippen molar-refractivity contribution >= 4 is 0 Å². The van der Waals surface area contributed by atoms with Crippen LogP contribution >= 0.6 is 0 Å². The summed E-state index contributed by atoms with van der Waals surface area (Å²) in [6, 6.07) is 0. The van der Waals surface area contributed by atoms with Crippen molar-refractivity contribution in [2.45, 2.75) is 55.4 Å². The summed E-state index contributed by atoms with van der Waals surface area (Å²) in [5.74, 6) is 1.05. The van der Waals surface area contributed by atoms with E-state index < -0.39 is 0 Å². The second-order valence-corrected chi connectivity index (χ2v) is 3.87. The molecule has 0 nitrogen and oxygen atoms in total. The first-order valence-electron chi connectivity index (χ1n) is 5.90. The van der Waals surface area contributed by atoms with Crippen molar-refractivity contribution in [2.75, 3.05) is 0 Å². The molecule has 0 aliphatic carbocycles. The summed E-state index contributed by atoms with van der Waals surface area (Å²) < 4.78 is 0. The van der Waals surface area contributed by atoms with E-state index in [1.165, 1.54) is 0 Å². The van der Waals surface area contributed by atoms with E-state index >= 15 is 0 Å². The molecule has 0 amide bonds.